The summed E-state index contributed by atoms with van der Waals surface area (Å²) < 4.78 is 26.4. The third-order valence-corrected chi connectivity index (χ3v) is 8.14. The predicted octanol–water partition coefficient (Wildman–Crippen LogP) is 5.83. The fraction of sp³-hybridized carbons (Fsp3) is 0.500. The monoisotopic (exact) mass is 583 g/mol. The molecule has 38 heavy (non-hydrogen) atoms. The van der Waals surface area contributed by atoms with E-state index in [-0.39, 0.29) is 31.3 Å². The van der Waals surface area contributed by atoms with Gasteiger partial charge in [-0.1, -0.05) is 68.6 Å². The highest BCUT2D eigenvalue weighted by Crippen LogP contribution is 2.25. The van der Waals surface area contributed by atoms with Crippen LogP contribution in [0.3, 0.4) is 0 Å². The Bertz CT molecular complexity index is 1170. The Balaban J connectivity index is 2.22. The number of rotatable bonds is 15. The van der Waals surface area contributed by atoms with Crippen LogP contribution in [-0.2, 0) is 32.6 Å². The molecule has 210 valence electrons. The van der Waals surface area contributed by atoms with Gasteiger partial charge in [0.15, 0.2) is 0 Å². The lowest BCUT2D eigenvalue weighted by molar-refractivity contribution is -0.141. The quantitative estimate of drug-likeness (QED) is 0.267. The number of sulfonamides is 1. The fourth-order valence-electron chi connectivity index (χ4n) is 4.16. The van der Waals surface area contributed by atoms with Crippen LogP contribution < -0.4 is 9.62 Å². The molecule has 1 N–H and O–H groups in total. The maximum Gasteiger partial charge on any atom is 0.242 e. The van der Waals surface area contributed by atoms with E-state index in [1.54, 1.807) is 30.3 Å². The van der Waals surface area contributed by atoms with Gasteiger partial charge in [0, 0.05) is 36.1 Å². The van der Waals surface area contributed by atoms with Crippen LogP contribution in [0.1, 0.15) is 64.0 Å². The molecule has 2 aromatic rings. The number of benzene rings is 2. The molecule has 0 bridgehead atoms. The normalized spacial score (nSPS) is 12.2. The van der Waals surface area contributed by atoms with Crippen LogP contribution in [-0.4, -0.2) is 50.5 Å². The van der Waals surface area contributed by atoms with E-state index in [1.165, 1.54) is 9.21 Å². The summed E-state index contributed by atoms with van der Waals surface area (Å²) in [4.78, 5) is 28.1. The molecule has 0 spiro atoms. The molecule has 0 heterocycles. The summed E-state index contributed by atoms with van der Waals surface area (Å²) in [6.07, 6.45) is 4.59. The van der Waals surface area contributed by atoms with E-state index in [0.717, 1.165) is 31.1 Å². The number of amides is 2. The average molecular weight is 585 g/mol. The van der Waals surface area contributed by atoms with E-state index in [2.05, 4.69) is 5.32 Å². The fourth-order valence-corrected chi connectivity index (χ4v) is 5.59. The zero-order chi connectivity index (χ0) is 28.3. The van der Waals surface area contributed by atoms with Gasteiger partial charge in [0.2, 0.25) is 21.8 Å². The van der Waals surface area contributed by atoms with Gasteiger partial charge in [0.05, 0.1) is 11.9 Å². The van der Waals surface area contributed by atoms with E-state index in [4.69, 9.17) is 23.2 Å². The minimum Gasteiger partial charge on any atom is -0.354 e. The van der Waals surface area contributed by atoms with Crippen molar-refractivity contribution in [1.29, 1.82) is 0 Å². The highest BCUT2D eigenvalue weighted by molar-refractivity contribution is 7.92. The molecule has 0 aliphatic heterocycles. The van der Waals surface area contributed by atoms with Crippen molar-refractivity contribution in [3.8, 4) is 0 Å². The van der Waals surface area contributed by atoms with Gasteiger partial charge in [0.1, 0.15) is 6.04 Å². The van der Waals surface area contributed by atoms with Crippen molar-refractivity contribution in [2.45, 2.75) is 71.9 Å². The first-order valence-electron chi connectivity index (χ1n) is 13.1. The van der Waals surface area contributed by atoms with Crippen LogP contribution in [0.2, 0.25) is 10.0 Å². The summed E-state index contributed by atoms with van der Waals surface area (Å²) in [6.45, 7) is 6.76. The van der Waals surface area contributed by atoms with Crippen molar-refractivity contribution in [2.75, 3.05) is 23.7 Å². The molecule has 2 rings (SSSR count). The summed E-state index contributed by atoms with van der Waals surface area (Å²) >= 11 is 12.4. The topological polar surface area (TPSA) is 86.8 Å². The van der Waals surface area contributed by atoms with Crippen LogP contribution in [0, 0.1) is 0 Å². The van der Waals surface area contributed by atoms with Crippen LogP contribution >= 0.6 is 23.2 Å². The first-order valence-corrected chi connectivity index (χ1v) is 15.7. The lowest BCUT2D eigenvalue weighted by atomic mass is 10.1. The van der Waals surface area contributed by atoms with Crippen LogP contribution in [0.5, 0.6) is 0 Å². The molecule has 0 saturated carbocycles. The minimum absolute atomic E-state index is 0.0724. The zero-order valence-electron chi connectivity index (χ0n) is 22.7. The van der Waals surface area contributed by atoms with Crippen molar-refractivity contribution in [3.63, 3.8) is 0 Å². The maximum atomic E-state index is 13.5. The van der Waals surface area contributed by atoms with Crippen molar-refractivity contribution < 1.29 is 18.0 Å². The summed E-state index contributed by atoms with van der Waals surface area (Å²) in [5, 5.41) is 3.82. The van der Waals surface area contributed by atoms with Gasteiger partial charge in [-0.15, -0.1) is 0 Å². The van der Waals surface area contributed by atoms with Crippen molar-refractivity contribution in [2.24, 2.45) is 0 Å². The lowest BCUT2D eigenvalue weighted by Gasteiger charge is -2.31. The van der Waals surface area contributed by atoms with Crippen molar-refractivity contribution >= 4 is 50.7 Å². The molecule has 0 saturated heterocycles. The minimum atomic E-state index is -3.55. The number of aryl methyl sites for hydroxylation is 1. The summed E-state index contributed by atoms with van der Waals surface area (Å²) in [7, 11) is -3.55. The Morgan fingerprint density at radius 2 is 1.68 bits per heavy atom. The Labute approximate surface area is 237 Å². The van der Waals surface area contributed by atoms with Crippen LogP contribution in [0.25, 0.3) is 0 Å². The first-order chi connectivity index (χ1) is 18.0. The van der Waals surface area contributed by atoms with Crippen LogP contribution in [0.4, 0.5) is 5.69 Å². The molecule has 0 radical (unpaired) electrons. The van der Waals surface area contributed by atoms with E-state index in [0.29, 0.717) is 40.7 Å². The van der Waals surface area contributed by atoms with Gasteiger partial charge in [-0.3, -0.25) is 13.9 Å². The lowest BCUT2D eigenvalue weighted by Crippen LogP contribution is -2.49. The molecule has 7 nitrogen and oxygen atoms in total. The Hall–Kier alpha value is -2.29. The smallest absolute Gasteiger partial charge is 0.242 e. The van der Waals surface area contributed by atoms with Gasteiger partial charge < -0.3 is 10.2 Å². The summed E-state index contributed by atoms with van der Waals surface area (Å²) in [5.41, 5.74) is 2.35. The van der Waals surface area contributed by atoms with Gasteiger partial charge in [-0.05, 0) is 61.1 Å². The Kier molecular flexibility index (Phi) is 12.9. The third kappa shape index (κ3) is 9.47. The van der Waals surface area contributed by atoms with E-state index < -0.39 is 16.1 Å². The average Bonchev–Trinajstić information content (AvgIpc) is 2.87. The van der Waals surface area contributed by atoms with Gasteiger partial charge in [-0.2, -0.15) is 0 Å². The molecule has 0 aromatic heterocycles. The summed E-state index contributed by atoms with van der Waals surface area (Å²) in [5.74, 6) is -0.462. The predicted molar refractivity (Wildman–Crippen MR) is 156 cm³/mol. The molecule has 0 aliphatic carbocycles. The number of carbonyl (C=O) groups is 2. The molecule has 2 aromatic carbocycles. The SMILES string of the molecule is CCCCNC(=O)[C@@H](CC)N(Cc1ccc(Cl)cc1Cl)C(=O)CCCN(c1ccc(CC)cc1)S(C)(=O)=O. The zero-order valence-corrected chi connectivity index (χ0v) is 25.0. The molecule has 2 amide bonds. The standard InChI is InChI=1S/C28H39Cl2N3O4S/c1-5-8-17-31-28(35)26(7-3)32(20-22-13-14-23(29)19-25(22)30)27(34)10-9-18-33(38(4,36)37)24-15-11-21(6-2)12-16-24/h11-16,19,26H,5-10,17-18,20H2,1-4H3,(H,31,35)/t26-/m1/s1. The molecule has 1 atom stereocenters. The van der Waals surface area contributed by atoms with Crippen molar-refractivity contribution in [3.05, 3.63) is 63.6 Å². The Morgan fingerprint density at radius 1 is 1.00 bits per heavy atom. The molecular weight excluding hydrogens is 545 g/mol. The number of nitrogens with one attached hydrogen (secondary N) is 1. The highest BCUT2D eigenvalue weighted by atomic mass is 35.5. The largest absolute Gasteiger partial charge is 0.354 e. The van der Waals surface area contributed by atoms with Gasteiger partial charge in [0.25, 0.3) is 0 Å². The maximum absolute atomic E-state index is 13.5. The van der Waals surface area contributed by atoms with E-state index in [1.807, 2.05) is 32.9 Å². The van der Waals surface area contributed by atoms with Gasteiger partial charge >= 0.3 is 0 Å². The number of hydrogen-bond acceptors (Lipinski definition) is 4. The second-order valence-electron chi connectivity index (χ2n) is 9.28. The number of halogens is 2. The van der Waals surface area contributed by atoms with Crippen LogP contribution in [0.15, 0.2) is 42.5 Å². The molecule has 0 aliphatic rings. The van der Waals surface area contributed by atoms with E-state index in [9.17, 15) is 18.0 Å². The second kappa shape index (κ2) is 15.3. The number of carbonyl (C=O) groups excluding carboxylic acids is 2. The second-order valence-corrected chi connectivity index (χ2v) is 12.0. The number of anilines is 1. The molecule has 0 unspecified atom stereocenters. The third-order valence-electron chi connectivity index (χ3n) is 6.36. The number of hydrogen-bond donors (Lipinski definition) is 1. The highest BCUT2D eigenvalue weighted by Gasteiger charge is 2.29. The number of nitrogens with zero attached hydrogens (tertiary/aromatic N) is 2. The number of unbranched alkanes of at least 4 members (excludes halogenated alkanes) is 1. The molecule has 10 heteroatoms. The molecule has 0 fully saturated rings. The van der Waals surface area contributed by atoms with E-state index >= 15 is 0 Å². The Morgan fingerprint density at radius 3 is 2.24 bits per heavy atom. The summed E-state index contributed by atoms with van der Waals surface area (Å²) in [6, 6.07) is 11.7. The molecular formula is C28H39Cl2N3O4S. The first kappa shape index (κ1) is 31.9. The van der Waals surface area contributed by atoms with Crippen molar-refractivity contribution in [1.82, 2.24) is 10.2 Å². The van der Waals surface area contributed by atoms with Gasteiger partial charge in [-0.25, -0.2) is 8.42 Å².